The molecule has 0 bridgehead atoms. The highest BCUT2D eigenvalue weighted by Gasteiger charge is 2.29. The van der Waals surface area contributed by atoms with Gasteiger partial charge in [-0.25, -0.2) is 4.39 Å². The summed E-state index contributed by atoms with van der Waals surface area (Å²) < 4.78 is 18.8. The van der Waals surface area contributed by atoms with E-state index in [0.717, 1.165) is 18.7 Å². The number of hydrogen-bond acceptors (Lipinski definition) is 4. The van der Waals surface area contributed by atoms with Crippen molar-refractivity contribution < 1.29 is 9.13 Å². The number of halogens is 1. The Morgan fingerprint density at radius 2 is 2.05 bits per heavy atom. The van der Waals surface area contributed by atoms with Gasteiger partial charge >= 0.3 is 0 Å². The lowest BCUT2D eigenvalue weighted by Gasteiger charge is -2.38. The zero-order chi connectivity index (χ0) is 13.8. The quantitative estimate of drug-likeness (QED) is 0.640. The van der Waals surface area contributed by atoms with Gasteiger partial charge in [0.15, 0.2) is 0 Å². The molecule has 0 aromatic heterocycles. The number of nitrogens with one attached hydrogen (secondary N) is 1. The second kappa shape index (κ2) is 6.43. The molecule has 1 aliphatic rings. The van der Waals surface area contributed by atoms with Crippen molar-refractivity contribution in [3.63, 3.8) is 0 Å². The molecule has 106 valence electrons. The molecule has 0 aliphatic carbocycles. The minimum Gasteiger partial charge on any atom is -0.374 e. The first kappa shape index (κ1) is 14.4. The molecule has 1 fully saturated rings. The summed E-state index contributed by atoms with van der Waals surface area (Å²) in [7, 11) is 0. The van der Waals surface area contributed by atoms with E-state index in [1.807, 2.05) is 0 Å². The Kier molecular flexibility index (Phi) is 4.87. The molecule has 1 heterocycles. The maximum atomic E-state index is 13.0. The van der Waals surface area contributed by atoms with Crippen LogP contribution >= 0.6 is 0 Å². The van der Waals surface area contributed by atoms with Gasteiger partial charge in [-0.2, -0.15) is 0 Å². The van der Waals surface area contributed by atoms with E-state index in [0.29, 0.717) is 12.6 Å². The highest BCUT2D eigenvalue weighted by atomic mass is 19.1. The second-order valence-corrected chi connectivity index (χ2v) is 5.19. The van der Waals surface area contributed by atoms with Crippen LogP contribution in [0.5, 0.6) is 0 Å². The molecule has 1 aliphatic heterocycles. The van der Waals surface area contributed by atoms with Gasteiger partial charge in [-0.1, -0.05) is 12.1 Å². The Labute approximate surface area is 113 Å². The summed E-state index contributed by atoms with van der Waals surface area (Å²) in [6, 6.07) is 6.75. The molecule has 2 atom stereocenters. The molecule has 2 rings (SSSR count). The van der Waals surface area contributed by atoms with Gasteiger partial charge in [-0.3, -0.25) is 16.2 Å². The lowest BCUT2D eigenvalue weighted by Crippen LogP contribution is -2.51. The van der Waals surface area contributed by atoms with Crippen molar-refractivity contribution in [3.8, 4) is 0 Å². The number of morpholine rings is 1. The molecule has 4 nitrogen and oxygen atoms in total. The molecular formula is C14H22FN3O. The fourth-order valence-corrected chi connectivity index (χ4v) is 2.46. The zero-order valence-electron chi connectivity index (χ0n) is 11.5. The van der Waals surface area contributed by atoms with Gasteiger partial charge in [-0.15, -0.1) is 0 Å². The topological polar surface area (TPSA) is 50.5 Å². The van der Waals surface area contributed by atoms with Crippen molar-refractivity contribution in [2.45, 2.75) is 32.0 Å². The Morgan fingerprint density at radius 1 is 1.37 bits per heavy atom. The van der Waals surface area contributed by atoms with Gasteiger partial charge < -0.3 is 4.74 Å². The summed E-state index contributed by atoms with van der Waals surface area (Å²) in [5, 5.41) is 0. The number of ether oxygens (including phenoxy) is 1. The summed E-state index contributed by atoms with van der Waals surface area (Å²) in [6.45, 7) is 6.80. The number of nitrogens with two attached hydrogens (primary N) is 1. The van der Waals surface area contributed by atoms with Crippen molar-refractivity contribution in [2.75, 3.05) is 19.7 Å². The molecule has 1 saturated heterocycles. The number of nitrogens with zero attached hydrogens (tertiary/aromatic N) is 1. The van der Waals surface area contributed by atoms with Crippen molar-refractivity contribution in [1.82, 2.24) is 10.3 Å². The normalized spacial score (nSPS) is 22.7. The third kappa shape index (κ3) is 3.51. The Balaban J connectivity index is 2.10. The first-order chi connectivity index (χ1) is 9.11. The van der Waals surface area contributed by atoms with Crippen LogP contribution in [0, 0.1) is 5.82 Å². The van der Waals surface area contributed by atoms with E-state index in [1.54, 1.807) is 12.1 Å². The minimum absolute atomic E-state index is 0.0217. The SMILES string of the molecule is CC(C)N1CCOC(C(NN)c2ccc(F)cc2)C1. The molecule has 0 saturated carbocycles. The molecule has 2 unspecified atom stereocenters. The van der Waals surface area contributed by atoms with Gasteiger partial charge in [0.2, 0.25) is 0 Å². The van der Waals surface area contributed by atoms with Crippen LogP contribution in [0.2, 0.25) is 0 Å². The largest absolute Gasteiger partial charge is 0.374 e. The number of hydrazine groups is 1. The Morgan fingerprint density at radius 3 is 2.63 bits per heavy atom. The maximum Gasteiger partial charge on any atom is 0.123 e. The van der Waals surface area contributed by atoms with Crippen LogP contribution < -0.4 is 11.3 Å². The predicted molar refractivity (Wildman–Crippen MR) is 72.9 cm³/mol. The molecule has 5 heteroatoms. The number of benzene rings is 1. The van der Waals surface area contributed by atoms with E-state index >= 15 is 0 Å². The minimum atomic E-state index is -0.243. The van der Waals surface area contributed by atoms with E-state index in [9.17, 15) is 4.39 Å². The summed E-state index contributed by atoms with van der Waals surface area (Å²) in [4.78, 5) is 2.36. The molecule has 1 aromatic rings. The Bertz CT molecular complexity index is 396. The van der Waals surface area contributed by atoms with E-state index in [1.165, 1.54) is 12.1 Å². The van der Waals surface area contributed by atoms with E-state index in [2.05, 4.69) is 24.2 Å². The van der Waals surface area contributed by atoms with E-state index < -0.39 is 0 Å². The van der Waals surface area contributed by atoms with Crippen LogP contribution in [0.1, 0.15) is 25.5 Å². The third-order valence-corrected chi connectivity index (χ3v) is 3.64. The van der Waals surface area contributed by atoms with Crippen LogP contribution in [0.3, 0.4) is 0 Å². The molecule has 0 radical (unpaired) electrons. The van der Waals surface area contributed by atoms with Gasteiger partial charge in [0, 0.05) is 19.1 Å². The summed E-state index contributed by atoms with van der Waals surface area (Å²) in [6.07, 6.45) is -0.0217. The second-order valence-electron chi connectivity index (χ2n) is 5.19. The zero-order valence-corrected chi connectivity index (χ0v) is 11.5. The molecule has 0 amide bonds. The Hall–Kier alpha value is -1.01. The number of rotatable bonds is 4. The molecule has 0 spiro atoms. The monoisotopic (exact) mass is 267 g/mol. The smallest absolute Gasteiger partial charge is 0.123 e. The molecule has 19 heavy (non-hydrogen) atoms. The summed E-state index contributed by atoms with van der Waals surface area (Å²) in [5.74, 6) is 5.41. The predicted octanol–water partition coefficient (Wildman–Crippen LogP) is 1.44. The van der Waals surface area contributed by atoms with Gasteiger partial charge in [0.25, 0.3) is 0 Å². The maximum absolute atomic E-state index is 13.0. The fraction of sp³-hybridized carbons (Fsp3) is 0.571. The first-order valence-corrected chi connectivity index (χ1v) is 6.69. The standard InChI is InChI=1S/C14H22FN3O/c1-10(2)18-7-8-19-13(9-18)14(17-16)11-3-5-12(15)6-4-11/h3-6,10,13-14,17H,7-9,16H2,1-2H3. The summed E-state index contributed by atoms with van der Waals surface area (Å²) >= 11 is 0. The van der Waals surface area contributed by atoms with Crippen LogP contribution in [-0.2, 0) is 4.74 Å². The van der Waals surface area contributed by atoms with Crippen molar-refractivity contribution >= 4 is 0 Å². The van der Waals surface area contributed by atoms with Gasteiger partial charge in [0.1, 0.15) is 5.82 Å². The fourth-order valence-electron chi connectivity index (χ4n) is 2.46. The molecular weight excluding hydrogens is 245 g/mol. The van der Waals surface area contributed by atoms with Crippen molar-refractivity contribution in [3.05, 3.63) is 35.6 Å². The highest BCUT2D eigenvalue weighted by molar-refractivity contribution is 5.21. The van der Waals surface area contributed by atoms with Crippen LogP contribution in [0.15, 0.2) is 24.3 Å². The van der Waals surface area contributed by atoms with Gasteiger partial charge in [0.05, 0.1) is 18.8 Å². The van der Waals surface area contributed by atoms with Crippen LogP contribution in [-0.4, -0.2) is 36.7 Å². The van der Waals surface area contributed by atoms with Gasteiger partial charge in [-0.05, 0) is 31.5 Å². The average molecular weight is 267 g/mol. The molecule has 3 N–H and O–H groups in total. The van der Waals surface area contributed by atoms with Crippen molar-refractivity contribution in [2.24, 2.45) is 5.84 Å². The lowest BCUT2D eigenvalue weighted by atomic mass is 10.00. The van der Waals surface area contributed by atoms with Crippen molar-refractivity contribution in [1.29, 1.82) is 0 Å². The first-order valence-electron chi connectivity index (χ1n) is 6.69. The highest BCUT2D eigenvalue weighted by Crippen LogP contribution is 2.23. The van der Waals surface area contributed by atoms with E-state index in [4.69, 9.17) is 10.6 Å². The van der Waals surface area contributed by atoms with Crippen LogP contribution in [0.4, 0.5) is 4.39 Å². The third-order valence-electron chi connectivity index (χ3n) is 3.64. The molecule has 1 aromatic carbocycles. The average Bonchev–Trinajstić information content (AvgIpc) is 2.42. The number of hydrogen-bond donors (Lipinski definition) is 2. The van der Waals surface area contributed by atoms with Crippen LogP contribution in [0.25, 0.3) is 0 Å². The lowest BCUT2D eigenvalue weighted by molar-refractivity contribution is -0.0561. The summed E-state index contributed by atoms with van der Waals surface area (Å²) in [5.41, 5.74) is 3.74. The van der Waals surface area contributed by atoms with E-state index in [-0.39, 0.29) is 18.0 Å².